The normalized spacial score (nSPS) is 18.8. The highest BCUT2D eigenvalue weighted by Gasteiger charge is 2.46. The van der Waals surface area contributed by atoms with Gasteiger partial charge in [0.1, 0.15) is 11.5 Å². The van der Waals surface area contributed by atoms with Crippen LogP contribution < -0.4 is 25.5 Å². The molecule has 0 fully saturated rings. The molecule has 2 atom stereocenters. The van der Waals surface area contributed by atoms with E-state index in [0.717, 1.165) is 33.6 Å². The first-order valence-corrected chi connectivity index (χ1v) is 14.6. The van der Waals surface area contributed by atoms with Crippen molar-refractivity contribution >= 4 is 38.4 Å². The summed E-state index contributed by atoms with van der Waals surface area (Å²) in [5.41, 5.74) is 4.03. The van der Waals surface area contributed by atoms with Crippen molar-refractivity contribution in [3.8, 4) is 11.5 Å². The van der Waals surface area contributed by atoms with Crippen LogP contribution in [0.15, 0.2) is 140 Å². The second kappa shape index (κ2) is 10.7. The number of rotatable bonds is 5. The third kappa shape index (κ3) is 4.77. The molecule has 0 saturated carbocycles. The first-order valence-electron chi connectivity index (χ1n) is 13.1. The van der Waals surface area contributed by atoms with Gasteiger partial charge in [0.05, 0.1) is 11.7 Å². The van der Waals surface area contributed by atoms with Crippen molar-refractivity contribution in [2.24, 2.45) is 0 Å². The molecule has 0 aromatic heterocycles. The van der Waals surface area contributed by atoms with E-state index in [2.05, 4.69) is 36.4 Å². The summed E-state index contributed by atoms with van der Waals surface area (Å²) >= 11 is 0. The first-order chi connectivity index (χ1) is 19.3. The van der Waals surface area contributed by atoms with Crippen LogP contribution in [0.1, 0.15) is 22.8 Å². The van der Waals surface area contributed by atoms with E-state index in [0.29, 0.717) is 0 Å². The van der Waals surface area contributed by atoms with Gasteiger partial charge in [-0.3, -0.25) is 0 Å². The van der Waals surface area contributed by atoms with Crippen molar-refractivity contribution in [3.05, 3.63) is 151 Å². The number of benzene rings is 5. The highest BCUT2D eigenvalue weighted by Crippen LogP contribution is 2.65. The van der Waals surface area contributed by atoms with Gasteiger partial charge in [0, 0.05) is 11.1 Å². The molecule has 39 heavy (non-hydrogen) atoms. The maximum absolute atomic E-state index is 6.91. The standard InChI is InChI=1S/C32H25B2O4P/c1-4-14-24(15-5-1)33-35-29-22-12-10-20-27(29)31(37-33)39(26-18-8-3-9-19-26)32-28-21-11-13-23-30(28)36-34(38-32)25-16-6-2-7-17-25/h1-23,31-32H. The fourth-order valence-corrected chi connectivity index (χ4v) is 8.00. The minimum Gasteiger partial charge on any atom is -0.532 e. The maximum atomic E-state index is 6.91. The summed E-state index contributed by atoms with van der Waals surface area (Å²) in [4.78, 5) is 0. The van der Waals surface area contributed by atoms with Crippen LogP contribution >= 0.6 is 7.92 Å². The van der Waals surface area contributed by atoms with Gasteiger partial charge in [0.2, 0.25) is 0 Å². The predicted molar refractivity (Wildman–Crippen MR) is 158 cm³/mol. The van der Waals surface area contributed by atoms with Gasteiger partial charge in [0.25, 0.3) is 0 Å². The fourth-order valence-electron chi connectivity index (χ4n) is 5.19. The molecule has 5 aromatic carbocycles. The molecule has 0 amide bonds. The molecule has 2 unspecified atom stereocenters. The number of para-hydroxylation sites is 2. The third-order valence-corrected chi connectivity index (χ3v) is 9.75. The van der Waals surface area contributed by atoms with E-state index >= 15 is 0 Å². The summed E-state index contributed by atoms with van der Waals surface area (Å²) in [5.74, 6) is 1.13. The van der Waals surface area contributed by atoms with Crippen molar-refractivity contribution in [3.63, 3.8) is 0 Å². The Kier molecular flexibility index (Phi) is 6.68. The molecule has 2 aliphatic rings. The van der Waals surface area contributed by atoms with Crippen LogP contribution in [0.2, 0.25) is 0 Å². The zero-order chi connectivity index (χ0) is 26.0. The van der Waals surface area contributed by atoms with E-state index in [1.165, 1.54) is 5.30 Å². The molecule has 5 aromatic rings. The van der Waals surface area contributed by atoms with Gasteiger partial charge in [-0.1, -0.05) is 127 Å². The van der Waals surface area contributed by atoms with Crippen LogP contribution in [-0.4, -0.2) is 14.2 Å². The van der Waals surface area contributed by atoms with Crippen molar-refractivity contribution < 1.29 is 18.6 Å². The molecule has 4 nitrogen and oxygen atoms in total. The van der Waals surface area contributed by atoms with Crippen LogP contribution in [0.4, 0.5) is 0 Å². The lowest BCUT2D eigenvalue weighted by Crippen LogP contribution is -2.46. The highest BCUT2D eigenvalue weighted by molar-refractivity contribution is 7.66. The molecule has 0 saturated heterocycles. The number of hydrogen-bond donors (Lipinski definition) is 0. The Balaban J connectivity index is 1.38. The monoisotopic (exact) mass is 526 g/mol. The van der Waals surface area contributed by atoms with E-state index in [1.807, 2.05) is 103 Å². The quantitative estimate of drug-likeness (QED) is 0.215. The summed E-state index contributed by atoms with van der Waals surface area (Å²) in [6, 6.07) is 47.3. The Morgan fingerprint density at radius 2 is 0.821 bits per heavy atom. The summed E-state index contributed by atoms with van der Waals surface area (Å²) < 4.78 is 26.6. The zero-order valence-electron chi connectivity index (χ0n) is 21.2. The van der Waals surface area contributed by atoms with E-state index in [9.17, 15) is 0 Å². The topological polar surface area (TPSA) is 36.9 Å². The number of fused-ring (bicyclic) bond motifs is 2. The van der Waals surface area contributed by atoms with Crippen molar-refractivity contribution in [2.45, 2.75) is 11.7 Å². The summed E-state index contributed by atoms with van der Waals surface area (Å²) in [5, 5.41) is 1.19. The van der Waals surface area contributed by atoms with Gasteiger partial charge < -0.3 is 18.6 Å². The molecule has 188 valence electrons. The summed E-state index contributed by atoms with van der Waals surface area (Å²) in [7, 11) is -2.16. The molecule has 0 N–H and O–H groups in total. The fraction of sp³-hybridized carbons (Fsp3) is 0.0625. The molecule has 0 radical (unpaired) electrons. The molecule has 2 aliphatic heterocycles. The van der Waals surface area contributed by atoms with Gasteiger partial charge in [-0.25, -0.2) is 0 Å². The Morgan fingerprint density at radius 1 is 0.436 bits per heavy atom. The molecule has 0 spiro atoms. The van der Waals surface area contributed by atoms with Crippen molar-refractivity contribution in [1.29, 1.82) is 0 Å². The third-order valence-electron chi connectivity index (χ3n) is 7.05. The van der Waals surface area contributed by atoms with E-state index in [1.54, 1.807) is 0 Å². The van der Waals surface area contributed by atoms with Crippen LogP contribution in [-0.2, 0) is 9.31 Å². The summed E-state index contributed by atoms with van der Waals surface area (Å²) in [6.45, 7) is 0. The minimum absolute atomic E-state index is 0.273. The van der Waals surface area contributed by atoms with Gasteiger partial charge in [-0.15, -0.1) is 0 Å². The summed E-state index contributed by atoms with van der Waals surface area (Å²) in [6.07, 6.45) is 0. The molecule has 7 heteroatoms. The Hall–Kier alpha value is -3.82. The number of hydrogen-bond acceptors (Lipinski definition) is 4. The second-order valence-electron chi connectivity index (χ2n) is 9.52. The highest BCUT2D eigenvalue weighted by atomic mass is 31.1. The average Bonchev–Trinajstić information content (AvgIpc) is 3.02. The molecule has 0 aliphatic carbocycles. The maximum Gasteiger partial charge on any atom is 0.563 e. The van der Waals surface area contributed by atoms with Gasteiger partial charge in [-0.05, 0) is 36.3 Å². The van der Waals surface area contributed by atoms with E-state index in [4.69, 9.17) is 18.6 Å². The average molecular weight is 526 g/mol. The first kappa shape index (κ1) is 24.2. The van der Waals surface area contributed by atoms with Gasteiger partial charge in [-0.2, -0.15) is 0 Å². The van der Waals surface area contributed by atoms with Crippen LogP contribution in [0, 0.1) is 0 Å². The second-order valence-corrected chi connectivity index (χ2v) is 11.8. The van der Waals surface area contributed by atoms with Gasteiger partial charge in [0.15, 0.2) is 0 Å². The lowest BCUT2D eigenvalue weighted by atomic mass is 9.77. The smallest absolute Gasteiger partial charge is 0.532 e. The Labute approximate surface area is 230 Å². The molecule has 2 heterocycles. The van der Waals surface area contributed by atoms with E-state index < -0.39 is 22.2 Å². The Bertz CT molecular complexity index is 1460. The van der Waals surface area contributed by atoms with Crippen LogP contribution in [0.25, 0.3) is 0 Å². The van der Waals surface area contributed by atoms with Crippen molar-refractivity contribution in [1.82, 2.24) is 0 Å². The molecular formula is C32H25B2O4P. The zero-order valence-corrected chi connectivity index (χ0v) is 22.1. The lowest BCUT2D eigenvalue weighted by Gasteiger charge is -2.42. The minimum atomic E-state index is -1.10. The molecule has 0 bridgehead atoms. The SMILES string of the molecule is c1ccc(B2Oc3ccccc3C(P(c3ccccc3)C3OB(c4ccccc4)Oc4ccccc43)O2)cc1. The van der Waals surface area contributed by atoms with E-state index in [-0.39, 0.29) is 11.7 Å². The lowest BCUT2D eigenvalue weighted by molar-refractivity contribution is 0.199. The van der Waals surface area contributed by atoms with Gasteiger partial charge >= 0.3 is 14.2 Å². The van der Waals surface area contributed by atoms with Crippen LogP contribution in [0.5, 0.6) is 11.5 Å². The molecular weight excluding hydrogens is 501 g/mol. The predicted octanol–water partition coefficient (Wildman–Crippen LogP) is 5.80. The Morgan fingerprint density at radius 3 is 1.28 bits per heavy atom. The van der Waals surface area contributed by atoms with Crippen molar-refractivity contribution in [2.75, 3.05) is 0 Å². The van der Waals surface area contributed by atoms with Crippen LogP contribution in [0.3, 0.4) is 0 Å². The molecule has 7 rings (SSSR count). The largest absolute Gasteiger partial charge is 0.563 e.